The highest BCUT2D eigenvalue weighted by atomic mass is 16.2. The molecule has 4 heteroatoms. The second kappa shape index (κ2) is 8.13. The van der Waals surface area contributed by atoms with Gasteiger partial charge >= 0.3 is 0 Å². The summed E-state index contributed by atoms with van der Waals surface area (Å²) in [5.74, 6) is -0.246. The number of benzene rings is 2. The van der Waals surface area contributed by atoms with Gasteiger partial charge in [0.15, 0.2) is 0 Å². The highest BCUT2D eigenvalue weighted by molar-refractivity contribution is 5.94. The van der Waals surface area contributed by atoms with Crippen LogP contribution in [-0.4, -0.2) is 17.9 Å². The van der Waals surface area contributed by atoms with Gasteiger partial charge in [0.1, 0.15) is 0 Å². The quantitative estimate of drug-likeness (QED) is 0.861. The van der Waals surface area contributed by atoms with Crippen LogP contribution in [0, 0.1) is 0 Å². The van der Waals surface area contributed by atoms with Crippen LogP contribution in [0.4, 0.5) is 0 Å². The minimum absolute atomic E-state index is 0.0549. The number of hydrogen-bond acceptors (Lipinski definition) is 2. The van der Waals surface area contributed by atoms with Gasteiger partial charge in [0.2, 0.25) is 5.91 Å². The summed E-state index contributed by atoms with van der Waals surface area (Å²) >= 11 is 0. The second-order valence-electron chi connectivity index (χ2n) is 5.64. The molecule has 0 aliphatic carbocycles. The first-order chi connectivity index (χ1) is 11.1. The van der Waals surface area contributed by atoms with Crippen LogP contribution in [0.15, 0.2) is 60.7 Å². The van der Waals surface area contributed by atoms with E-state index in [0.717, 1.165) is 5.56 Å². The average molecular weight is 310 g/mol. The molecule has 0 heterocycles. The molecule has 2 N–H and O–H groups in total. The Morgan fingerprint density at radius 3 is 2.04 bits per heavy atom. The maximum Gasteiger partial charge on any atom is 0.251 e. The molecule has 2 aromatic carbocycles. The molecular weight excluding hydrogens is 288 g/mol. The molecule has 2 rings (SSSR count). The molecule has 0 aliphatic heterocycles. The summed E-state index contributed by atoms with van der Waals surface area (Å²) in [6.45, 7) is 3.77. The van der Waals surface area contributed by atoms with Crippen LogP contribution >= 0.6 is 0 Å². The van der Waals surface area contributed by atoms with Crippen LogP contribution in [0.5, 0.6) is 0 Å². The smallest absolute Gasteiger partial charge is 0.251 e. The summed E-state index contributed by atoms with van der Waals surface area (Å²) in [6.07, 6.45) is 0.246. The lowest BCUT2D eigenvalue weighted by molar-refractivity contribution is -0.122. The Bertz CT molecular complexity index is 641. The van der Waals surface area contributed by atoms with Crippen molar-refractivity contribution in [1.82, 2.24) is 10.6 Å². The number of carbonyl (C=O) groups excluding carboxylic acids is 2. The fourth-order valence-corrected chi connectivity index (χ4v) is 2.35. The molecule has 0 aliphatic rings. The maximum absolute atomic E-state index is 12.1. The topological polar surface area (TPSA) is 58.2 Å². The van der Waals surface area contributed by atoms with E-state index >= 15 is 0 Å². The van der Waals surface area contributed by atoms with E-state index in [1.54, 1.807) is 12.1 Å². The van der Waals surface area contributed by atoms with Crippen molar-refractivity contribution in [2.24, 2.45) is 0 Å². The molecule has 0 bridgehead atoms. The normalized spacial score (nSPS) is 13.0. The fraction of sp³-hybridized carbons (Fsp3) is 0.263. The van der Waals surface area contributed by atoms with Crippen LogP contribution < -0.4 is 10.6 Å². The Hall–Kier alpha value is -2.62. The second-order valence-corrected chi connectivity index (χ2v) is 5.64. The van der Waals surface area contributed by atoms with Crippen molar-refractivity contribution in [2.75, 3.05) is 0 Å². The summed E-state index contributed by atoms with van der Waals surface area (Å²) in [7, 11) is 0. The molecule has 2 unspecified atom stereocenters. The maximum atomic E-state index is 12.1. The summed E-state index contributed by atoms with van der Waals surface area (Å²) in [5.41, 5.74) is 1.65. The number of rotatable bonds is 6. The van der Waals surface area contributed by atoms with Gasteiger partial charge < -0.3 is 10.6 Å². The van der Waals surface area contributed by atoms with Crippen molar-refractivity contribution >= 4 is 11.8 Å². The summed E-state index contributed by atoms with van der Waals surface area (Å²) in [5, 5.41) is 5.79. The molecule has 0 saturated heterocycles. The molecule has 120 valence electrons. The molecule has 0 spiro atoms. The van der Waals surface area contributed by atoms with Gasteiger partial charge in [-0.15, -0.1) is 0 Å². The van der Waals surface area contributed by atoms with Gasteiger partial charge in [0.25, 0.3) is 5.91 Å². The lowest BCUT2D eigenvalue weighted by Gasteiger charge is -2.17. The van der Waals surface area contributed by atoms with Crippen molar-refractivity contribution < 1.29 is 9.59 Å². The number of amides is 2. The zero-order valence-corrected chi connectivity index (χ0v) is 13.5. The van der Waals surface area contributed by atoms with Crippen LogP contribution in [-0.2, 0) is 4.79 Å². The predicted molar refractivity (Wildman–Crippen MR) is 91.0 cm³/mol. The number of hydrogen-bond donors (Lipinski definition) is 2. The van der Waals surface area contributed by atoms with Gasteiger partial charge in [-0.05, 0) is 31.5 Å². The van der Waals surface area contributed by atoms with Crippen molar-refractivity contribution in [3.8, 4) is 0 Å². The third-order valence-corrected chi connectivity index (χ3v) is 3.58. The van der Waals surface area contributed by atoms with E-state index in [0.29, 0.717) is 5.56 Å². The zero-order chi connectivity index (χ0) is 16.7. The van der Waals surface area contributed by atoms with Gasteiger partial charge in [-0.25, -0.2) is 0 Å². The van der Waals surface area contributed by atoms with Crippen molar-refractivity contribution in [3.63, 3.8) is 0 Å². The summed E-state index contributed by atoms with van der Waals surface area (Å²) in [6, 6.07) is 18.5. The number of carbonyl (C=O) groups is 2. The van der Waals surface area contributed by atoms with E-state index in [-0.39, 0.29) is 30.3 Å². The molecule has 23 heavy (non-hydrogen) atoms. The molecule has 0 radical (unpaired) electrons. The van der Waals surface area contributed by atoms with Crippen molar-refractivity contribution in [1.29, 1.82) is 0 Å². The van der Waals surface area contributed by atoms with Gasteiger partial charge in [0, 0.05) is 18.0 Å². The molecule has 2 amide bonds. The third kappa shape index (κ3) is 5.25. The molecule has 4 nitrogen and oxygen atoms in total. The average Bonchev–Trinajstić information content (AvgIpc) is 2.56. The van der Waals surface area contributed by atoms with Gasteiger partial charge in [0.05, 0.1) is 6.04 Å². The Kier molecular flexibility index (Phi) is 5.92. The summed E-state index contributed by atoms with van der Waals surface area (Å²) < 4.78 is 0. The number of nitrogens with one attached hydrogen (secondary N) is 2. The third-order valence-electron chi connectivity index (χ3n) is 3.58. The molecule has 0 aromatic heterocycles. The Morgan fingerprint density at radius 1 is 0.870 bits per heavy atom. The van der Waals surface area contributed by atoms with Crippen LogP contribution in [0.2, 0.25) is 0 Å². The first-order valence-corrected chi connectivity index (χ1v) is 7.76. The van der Waals surface area contributed by atoms with E-state index in [1.165, 1.54) is 0 Å². The fourth-order valence-electron chi connectivity index (χ4n) is 2.35. The molecule has 0 fully saturated rings. The van der Waals surface area contributed by atoms with Crippen LogP contribution in [0.3, 0.4) is 0 Å². The Balaban J connectivity index is 1.82. The SMILES string of the molecule is CC(CC(=O)NC(C)c1ccccc1)NC(=O)c1ccccc1. The van der Waals surface area contributed by atoms with Gasteiger partial charge in [-0.3, -0.25) is 9.59 Å². The van der Waals surface area contributed by atoms with E-state index in [1.807, 2.05) is 62.4 Å². The summed E-state index contributed by atoms with van der Waals surface area (Å²) in [4.78, 5) is 24.1. The van der Waals surface area contributed by atoms with E-state index < -0.39 is 0 Å². The molecule has 0 saturated carbocycles. The van der Waals surface area contributed by atoms with E-state index in [2.05, 4.69) is 10.6 Å². The molecule has 2 atom stereocenters. The predicted octanol–water partition coefficient (Wildman–Crippen LogP) is 3.07. The monoisotopic (exact) mass is 310 g/mol. The van der Waals surface area contributed by atoms with Crippen LogP contribution in [0.1, 0.15) is 42.2 Å². The highest BCUT2D eigenvalue weighted by Crippen LogP contribution is 2.11. The highest BCUT2D eigenvalue weighted by Gasteiger charge is 2.15. The molecular formula is C19H22N2O2. The van der Waals surface area contributed by atoms with E-state index in [4.69, 9.17) is 0 Å². The van der Waals surface area contributed by atoms with Gasteiger partial charge in [-0.2, -0.15) is 0 Å². The van der Waals surface area contributed by atoms with Gasteiger partial charge in [-0.1, -0.05) is 48.5 Å². The Labute approximate surface area is 136 Å². The Morgan fingerprint density at radius 2 is 1.43 bits per heavy atom. The standard InChI is InChI=1S/C19H22N2O2/c1-14(20-19(23)17-11-7-4-8-12-17)13-18(22)21-15(2)16-9-5-3-6-10-16/h3-12,14-15H,13H2,1-2H3,(H,20,23)(H,21,22). The lowest BCUT2D eigenvalue weighted by Crippen LogP contribution is -2.37. The van der Waals surface area contributed by atoms with E-state index in [9.17, 15) is 9.59 Å². The zero-order valence-electron chi connectivity index (χ0n) is 13.5. The lowest BCUT2D eigenvalue weighted by atomic mass is 10.1. The minimum Gasteiger partial charge on any atom is -0.350 e. The van der Waals surface area contributed by atoms with Crippen LogP contribution in [0.25, 0.3) is 0 Å². The molecule has 2 aromatic rings. The van der Waals surface area contributed by atoms with Crippen molar-refractivity contribution in [3.05, 3.63) is 71.8 Å². The first-order valence-electron chi connectivity index (χ1n) is 7.76. The minimum atomic E-state index is -0.231. The first kappa shape index (κ1) is 16.7. The largest absolute Gasteiger partial charge is 0.350 e. The van der Waals surface area contributed by atoms with Crippen molar-refractivity contribution in [2.45, 2.75) is 32.4 Å².